The summed E-state index contributed by atoms with van der Waals surface area (Å²) in [5.74, 6) is 1.07. The summed E-state index contributed by atoms with van der Waals surface area (Å²) in [6.07, 6.45) is 1.06. The standard InChI is InChI=1S/C16H15N3OS.BrH/c20-14(15-7-3-10-21-15)11-19-13-6-2-1-5-12(13)18-9-4-8-17-16(18)19;/h1-3,5-7,10H,4,8-9,11H2;1H. The summed E-state index contributed by atoms with van der Waals surface area (Å²) in [4.78, 5) is 22.2. The maximum absolute atomic E-state index is 12.4. The molecule has 0 atom stereocenters. The topological polar surface area (TPSA) is 35.9 Å². The van der Waals surface area contributed by atoms with E-state index in [0.29, 0.717) is 6.54 Å². The average Bonchev–Trinajstić information content (AvgIpc) is 3.15. The van der Waals surface area contributed by atoms with Gasteiger partial charge in [0.2, 0.25) is 5.96 Å². The van der Waals surface area contributed by atoms with E-state index in [1.807, 2.05) is 29.6 Å². The normalized spacial score (nSPS) is 15.7. The number of anilines is 2. The SMILES string of the molecule is Br.O=C(CN1C2=NCCCN2c2ccccc21)c1cccs1. The maximum Gasteiger partial charge on any atom is 0.206 e. The van der Waals surface area contributed by atoms with E-state index in [4.69, 9.17) is 0 Å². The first kappa shape index (κ1) is 15.2. The van der Waals surface area contributed by atoms with Gasteiger partial charge in [-0.15, -0.1) is 28.3 Å². The number of Topliss-reactive ketones (excluding diaryl/α,β-unsaturated/α-hetero) is 1. The second-order valence-electron chi connectivity index (χ2n) is 5.16. The zero-order chi connectivity index (χ0) is 14.2. The Hall–Kier alpha value is -1.66. The monoisotopic (exact) mass is 377 g/mol. The van der Waals surface area contributed by atoms with E-state index in [2.05, 4.69) is 26.9 Å². The Kier molecular flexibility index (Phi) is 4.31. The van der Waals surface area contributed by atoms with Gasteiger partial charge in [-0.05, 0) is 30.0 Å². The number of para-hydroxylation sites is 2. The number of benzene rings is 1. The molecule has 3 heterocycles. The van der Waals surface area contributed by atoms with Gasteiger partial charge in [0.1, 0.15) is 0 Å². The van der Waals surface area contributed by atoms with Gasteiger partial charge in [0.25, 0.3) is 0 Å². The summed E-state index contributed by atoms with van der Waals surface area (Å²) in [5, 5.41) is 1.94. The molecular formula is C16H16BrN3OS. The van der Waals surface area contributed by atoms with Crippen LogP contribution in [0.5, 0.6) is 0 Å². The Morgan fingerprint density at radius 3 is 2.77 bits per heavy atom. The molecule has 2 aliphatic heterocycles. The highest BCUT2D eigenvalue weighted by atomic mass is 79.9. The van der Waals surface area contributed by atoms with Gasteiger partial charge < -0.3 is 9.80 Å². The van der Waals surface area contributed by atoms with Crippen molar-refractivity contribution >= 4 is 51.4 Å². The highest BCUT2D eigenvalue weighted by Crippen LogP contribution is 2.38. The molecule has 2 aliphatic rings. The number of carbonyl (C=O) groups is 1. The van der Waals surface area contributed by atoms with Crippen molar-refractivity contribution in [1.82, 2.24) is 0 Å². The number of hydrogen-bond donors (Lipinski definition) is 0. The minimum atomic E-state index is 0. The quantitative estimate of drug-likeness (QED) is 0.766. The number of rotatable bonds is 3. The molecule has 2 aromatic rings. The largest absolute Gasteiger partial charge is 0.310 e. The predicted octanol–water partition coefficient (Wildman–Crippen LogP) is 3.60. The van der Waals surface area contributed by atoms with Crippen LogP contribution in [0.25, 0.3) is 0 Å². The first-order chi connectivity index (χ1) is 10.3. The lowest BCUT2D eigenvalue weighted by molar-refractivity contribution is 0.101. The molecule has 0 saturated heterocycles. The van der Waals surface area contributed by atoms with E-state index in [0.717, 1.165) is 41.7 Å². The average molecular weight is 378 g/mol. The summed E-state index contributed by atoms with van der Waals surface area (Å²) in [6, 6.07) is 12.0. The number of ketones is 1. The van der Waals surface area contributed by atoms with E-state index < -0.39 is 0 Å². The number of carbonyl (C=O) groups excluding carboxylic acids is 1. The van der Waals surface area contributed by atoms with Crippen LogP contribution < -0.4 is 9.80 Å². The summed E-state index contributed by atoms with van der Waals surface area (Å²) in [7, 11) is 0. The smallest absolute Gasteiger partial charge is 0.206 e. The fourth-order valence-electron chi connectivity index (χ4n) is 2.90. The second kappa shape index (κ2) is 6.22. The molecule has 0 spiro atoms. The third kappa shape index (κ3) is 2.46. The van der Waals surface area contributed by atoms with Gasteiger partial charge in [-0.1, -0.05) is 18.2 Å². The molecule has 1 aromatic heterocycles. The highest BCUT2D eigenvalue weighted by Gasteiger charge is 2.34. The minimum Gasteiger partial charge on any atom is -0.310 e. The van der Waals surface area contributed by atoms with Crippen molar-refractivity contribution in [3.63, 3.8) is 0 Å². The Balaban J connectivity index is 0.00000144. The molecule has 0 N–H and O–H groups in total. The minimum absolute atomic E-state index is 0. The fraction of sp³-hybridized carbons (Fsp3) is 0.250. The number of thiophene rings is 1. The van der Waals surface area contributed by atoms with Crippen LogP contribution in [0, 0.1) is 0 Å². The van der Waals surface area contributed by atoms with Crippen molar-refractivity contribution in [3.8, 4) is 0 Å². The molecule has 6 heteroatoms. The first-order valence-corrected chi connectivity index (χ1v) is 7.98. The van der Waals surface area contributed by atoms with Crippen molar-refractivity contribution in [1.29, 1.82) is 0 Å². The lowest BCUT2D eigenvalue weighted by Gasteiger charge is -2.26. The molecule has 4 rings (SSSR count). The molecule has 22 heavy (non-hydrogen) atoms. The van der Waals surface area contributed by atoms with Crippen LogP contribution in [-0.2, 0) is 0 Å². The lowest BCUT2D eigenvalue weighted by atomic mass is 10.2. The molecule has 0 amide bonds. The molecule has 0 aliphatic carbocycles. The van der Waals surface area contributed by atoms with Crippen molar-refractivity contribution in [2.45, 2.75) is 6.42 Å². The van der Waals surface area contributed by atoms with E-state index in [-0.39, 0.29) is 22.8 Å². The van der Waals surface area contributed by atoms with Gasteiger partial charge in [0.15, 0.2) is 5.78 Å². The summed E-state index contributed by atoms with van der Waals surface area (Å²) in [6.45, 7) is 2.16. The first-order valence-electron chi connectivity index (χ1n) is 7.10. The number of nitrogens with zero attached hydrogens (tertiary/aromatic N) is 3. The molecule has 4 nitrogen and oxygen atoms in total. The van der Waals surface area contributed by atoms with Gasteiger partial charge >= 0.3 is 0 Å². The zero-order valence-electron chi connectivity index (χ0n) is 11.9. The van der Waals surface area contributed by atoms with Crippen LogP contribution in [0.1, 0.15) is 16.1 Å². The van der Waals surface area contributed by atoms with Crippen molar-refractivity contribution in [3.05, 3.63) is 46.7 Å². The predicted molar refractivity (Wildman–Crippen MR) is 97.0 cm³/mol. The van der Waals surface area contributed by atoms with Crippen molar-refractivity contribution in [2.75, 3.05) is 29.4 Å². The number of aliphatic imine (C=N–C) groups is 1. The molecule has 1 aromatic carbocycles. The fourth-order valence-corrected chi connectivity index (χ4v) is 3.55. The van der Waals surface area contributed by atoms with E-state index in [9.17, 15) is 4.79 Å². The molecule has 114 valence electrons. The number of hydrogen-bond acceptors (Lipinski definition) is 5. The van der Waals surface area contributed by atoms with Crippen LogP contribution in [0.15, 0.2) is 46.8 Å². The van der Waals surface area contributed by atoms with E-state index >= 15 is 0 Å². The van der Waals surface area contributed by atoms with Crippen molar-refractivity contribution < 1.29 is 4.79 Å². The van der Waals surface area contributed by atoms with Crippen LogP contribution in [0.2, 0.25) is 0 Å². The van der Waals surface area contributed by atoms with E-state index in [1.54, 1.807) is 0 Å². The Bertz CT molecular complexity index is 714. The number of halogens is 1. The maximum atomic E-state index is 12.4. The van der Waals surface area contributed by atoms with Gasteiger partial charge in [-0.3, -0.25) is 9.79 Å². The third-order valence-corrected chi connectivity index (χ3v) is 4.75. The van der Waals surface area contributed by atoms with Gasteiger partial charge in [0, 0.05) is 13.1 Å². The van der Waals surface area contributed by atoms with Crippen LogP contribution in [0.4, 0.5) is 11.4 Å². The van der Waals surface area contributed by atoms with Gasteiger partial charge in [-0.25, -0.2) is 0 Å². The van der Waals surface area contributed by atoms with Crippen LogP contribution in [-0.4, -0.2) is 31.4 Å². The molecule has 0 unspecified atom stereocenters. The summed E-state index contributed by atoms with van der Waals surface area (Å²) >= 11 is 1.50. The Morgan fingerprint density at radius 2 is 2.00 bits per heavy atom. The van der Waals surface area contributed by atoms with Gasteiger partial charge in [-0.2, -0.15) is 0 Å². The Labute approximate surface area is 143 Å². The molecule has 0 bridgehead atoms. The van der Waals surface area contributed by atoms with Gasteiger partial charge in [0.05, 0.1) is 22.8 Å². The third-order valence-electron chi connectivity index (χ3n) is 3.84. The molecule has 0 saturated carbocycles. The van der Waals surface area contributed by atoms with Crippen LogP contribution >= 0.6 is 28.3 Å². The molecular weight excluding hydrogens is 362 g/mol. The van der Waals surface area contributed by atoms with E-state index in [1.165, 1.54) is 11.3 Å². The van der Waals surface area contributed by atoms with Crippen LogP contribution in [0.3, 0.4) is 0 Å². The number of fused-ring (bicyclic) bond motifs is 3. The summed E-state index contributed by atoms with van der Waals surface area (Å²) < 4.78 is 0. The second-order valence-corrected chi connectivity index (χ2v) is 6.11. The number of guanidine groups is 1. The lowest BCUT2D eigenvalue weighted by Crippen LogP contribution is -2.43. The summed E-state index contributed by atoms with van der Waals surface area (Å²) in [5.41, 5.74) is 2.25. The Morgan fingerprint density at radius 1 is 1.18 bits per heavy atom. The molecule has 0 fully saturated rings. The zero-order valence-corrected chi connectivity index (χ0v) is 14.5. The molecule has 0 radical (unpaired) electrons. The van der Waals surface area contributed by atoms with Crippen molar-refractivity contribution in [2.24, 2.45) is 4.99 Å². The highest BCUT2D eigenvalue weighted by molar-refractivity contribution is 8.93.